The van der Waals surface area contributed by atoms with Crippen LogP contribution in [0.25, 0.3) is 11.0 Å². The van der Waals surface area contributed by atoms with Crippen molar-refractivity contribution in [1.29, 1.82) is 0 Å². The van der Waals surface area contributed by atoms with E-state index in [1.165, 1.54) is 17.8 Å². The summed E-state index contributed by atoms with van der Waals surface area (Å²) in [6.45, 7) is 1.60. The fourth-order valence-electron chi connectivity index (χ4n) is 4.38. The average Bonchev–Trinajstić information content (AvgIpc) is 3.47. The maximum absolute atomic E-state index is 13.0. The molecule has 2 amide bonds. The first kappa shape index (κ1) is 22.5. The molecule has 1 aromatic carbocycles. The van der Waals surface area contributed by atoms with Gasteiger partial charge in [-0.2, -0.15) is 0 Å². The molecule has 2 heterocycles. The lowest BCUT2D eigenvalue weighted by Crippen LogP contribution is -2.33. The number of nitrogens with zero attached hydrogens (tertiary/aromatic N) is 3. The number of benzene rings is 1. The maximum Gasteiger partial charge on any atom is 0.268 e. The van der Waals surface area contributed by atoms with Crippen molar-refractivity contribution >= 4 is 45.8 Å². The van der Waals surface area contributed by atoms with Crippen LogP contribution in [0.15, 0.2) is 35.7 Å². The predicted octanol–water partition coefficient (Wildman–Crippen LogP) is 4.50. The molecular weight excluding hydrogens is 422 g/mol. The van der Waals surface area contributed by atoms with Crippen LogP contribution in [-0.2, 0) is 11.3 Å². The highest BCUT2D eigenvalue weighted by Crippen LogP contribution is 2.29. The highest BCUT2D eigenvalue weighted by atomic mass is 32.1. The van der Waals surface area contributed by atoms with Gasteiger partial charge in [-0.3, -0.25) is 14.9 Å². The second kappa shape index (κ2) is 10.3. The van der Waals surface area contributed by atoms with Gasteiger partial charge in [-0.05, 0) is 62.5 Å². The fraction of sp³-hybridized carbons (Fsp3) is 0.458. The fourth-order valence-corrected chi connectivity index (χ4v) is 5.00. The third-order valence-corrected chi connectivity index (χ3v) is 7.05. The number of nitrogens with one attached hydrogen (secondary N) is 2. The third-order valence-electron chi connectivity index (χ3n) is 6.18. The predicted molar refractivity (Wildman–Crippen MR) is 131 cm³/mol. The highest BCUT2D eigenvalue weighted by Gasteiger charge is 2.25. The van der Waals surface area contributed by atoms with Crippen LogP contribution in [0.4, 0.5) is 11.6 Å². The van der Waals surface area contributed by atoms with Crippen LogP contribution < -0.4 is 15.5 Å². The lowest BCUT2D eigenvalue weighted by atomic mass is 9.88. The molecule has 1 aliphatic carbocycles. The molecule has 2 aromatic heterocycles. The first-order valence-corrected chi connectivity index (χ1v) is 12.2. The molecule has 32 heavy (non-hydrogen) atoms. The lowest BCUT2D eigenvalue weighted by Gasteiger charge is -2.26. The number of hydrogen-bond donors (Lipinski definition) is 2. The van der Waals surface area contributed by atoms with Crippen LogP contribution in [0.2, 0.25) is 0 Å². The average molecular weight is 454 g/mol. The summed E-state index contributed by atoms with van der Waals surface area (Å²) in [5, 5.41) is 8.02. The molecule has 0 bridgehead atoms. The number of amides is 2. The Bertz CT molecular complexity index is 1070. The minimum atomic E-state index is -0.157. The Kier molecular flexibility index (Phi) is 7.22. The topological polar surface area (TPSA) is 79.3 Å². The summed E-state index contributed by atoms with van der Waals surface area (Å²) >= 11 is 1.40. The van der Waals surface area contributed by atoms with Crippen LogP contribution in [0.3, 0.4) is 0 Å². The third kappa shape index (κ3) is 4.86. The first-order chi connectivity index (χ1) is 15.6. The van der Waals surface area contributed by atoms with E-state index in [0.717, 1.165) is 61.9 Å². The van der Waals surface area contributed by atoms with Gasteiger partial charge in [0.15, 0.2) is 0 Å². The summed E-state index contributed by atoms with van der Waals surface area (Å²) in [6, 6.07) is 9.59. The Morgan fingerprint density at radius 3 is 2.75 bits per heavy atom. The molecule has 2 N–H and O–H groups in total. The largest absolute Gasteiger partial charge is 0.320 e. The molecule has 0 aliphatic heterocycles. The highest BCUT2D eigenvalue weighted by molar-refractivity contribution is 7.12. The zero-order chi connectivity index (χ0) is 22.5. The molecule has 7 nitrogen and oxygen atoms in total. The Morgan fingerprint density at radius 1 is 1.22 bits per heavy atom. The first-order valence-electron chi connectivity index (χ1n) is 11.4. The van der Waals surface area contributed by atoms with Crippen molar-refractivity contribution in [1.82, 2.24) is 14.9 Å². The molecule has 3 aromatic rings. The van der Waals surface area contributed by atoms with Crippen molar-refractivity contribution in [2.45, 2.75) is 45.1 Å². The number of hydrogen-bond acceptors (Lipinski definition) is 5. The summed E-state index contributed by atoms with van der Waals surface area (Å²) in [6.07, 6.45) is 6.35. The Hall–Kier alpha value is -2.71. The number of rotatable bonds is 8. The van der Waals surface area contributed by atoms with Crippen LogP contribution in [0, 0.1) is 5.92 Å². The van der Waals surface area contributed by atoms with E-state index in [0.29, 0.717) is 10.8 Å². The van der Waals surface area contributed by atoms with E-state index in [2.05, 4.69) is 10.6 Å². The quantitative estimate of drug-likeness (QED) is 0.492. The summed E-state index contributed by atoms with van der Waals surface area (Å²) in [4.78, 5) is 32.8. The Balaban J connectivity index is 1.61. The van der Waals surface area contributed by atoms with Gasteiger partial charge in [0.2, 0.25) is 11.9 Å². The molecule has 4 rings (SSSR count). The van der Waals surface area contributed by atoms with Gasteiger partial charge in [-0.15, -0.1) is 11.3 Å². The minimum absolute atomic E-state index is 0.115. The SMILES string of the molecule is CNCCCn1c(NC(=O)c2cccs2)nc2cc(N(C)C(=O)C3CCCCC3)ccc21. The van der Waals surface area contributed by atoms with Gasteiger partial charge >= 0.3 is 0 Å². The van der Waals surface area contributed by atoms with E-state index < -0.39 is 0 Å². The van der Waals surface area contributed by atoms with E-state index in [4.69, 9.17) is 4.98 Å². The van der Waals surface area contributed by atoms with Gasteiger partial charge in [-0.1, -0.05) is 25.3 Å². The zero-order valence-electron chi connectivity index (χ0n) is 18.8. The number of imidazole rings is 1. The second-order valence-electron chi connectivity index (χ2n) is 8.38. The molecule has 1 aliphatic rings. The molecule has 0 radical (unpaired) electrons. The second-order valence-corrected chi connectivity index (χ2v) is 9.33. The lowest BCUT2D eigenvalue weighted by molar-refractivity contribution is -0.123. The molecular formula is C24H31N5O2S. The van der Waals surface area contributed by atoms with Gasteiger partial charge in [-0.25, -0.2) is 4.98 Å². The van der Waals surface area contributed by atoms with Crippen molar-refractivity contribution in [3.8, 4) is 0 Å². The molecule has 0 saturated heterocycles. The van der Waals surface area contributed by atoms with Gasteiger partial charge in [0.25, 0.3) is 5.91 Å². The van der Waals surface area contributed by atoms with Crippen molar-refractivity contribution in [3.63, 3.8) is 0 Å². The molecule has 0 atom stereocenters. The van der Waals surface area contributed by atoms with Gasteiger partial charge in [0.05, 0.1) is 15.9 Å². The standard InChI is InChI=1S/C24H31N5O2S/c1-25-13-7-14-29-20-12-11-18(28(2)23(31)17-8-4-3-5-9-17)16-19(20)26-24(29)27-22(30)21-10-6-15-32-21/h6,10-12,15-17,25H,3-5,7-9,13-14H2,1-2H3,(H,26,27,30). The number of thiophene rings is 1. The summed E-state index contributed by atoms with van der Waals surface area (Å²) in [5.41, 5.74) is 2.56. The van der Waals surface area contributed by atoms with Crippen molar-refractivity contribution < 1.29 is 9.59 Å². The van der Waals surface area contributed by atoms with Crippen molar-refractivity contribution in [2.75, 3.05) is 30.9 Å². The van der Waals surface area contributed by atoms with Crippen LogP contribution in [0.5, 0.6) is 0 Å². The Labute approximate surface area is 192 Å². The van der Waals surface area contributed by atoms with Crippen LogP contribution in [0.1, 0.15) is 48.2 Å². The van der Waals surface area contributed by atoms with E-state index in [9.17, 15) is 9.59 Å². The number of carbonyl (C=O) groups is 2. The monoisotopic (exact) mass is 453 g/mol. The summed E-state index contributed by atoms with van der Waals surface area (Å²) < 4.78 is 2.05. The van der Waals surface area contributed by atoms with Crippen molar-refractivity contribution in [3.05, 3.63) is 40.6 Å². The molecule has 8 heteroatoms. The number of carbonyl (C=O) groups excluding carboxylic acids is 2. The summed E-state index contributed by atoms with van der Waals surface area (Å²) in [7, 11) is 3.78. The number of aryl methyl sites for hydroxylation is 1. The number of anilines is 2. The molecule has 1 fully saturated rings. The van der Waals surface area contributed by atoms with E-state index in [1.54, 1.807) is 11.0 Å². The van der Waals surface area contributed by atoms with Gasteiger partial charge in [0, 0.05) is 25.2 Å². The van der Waals surface area contributed by atoms with E-state index in [-0.39, 0.29) is 17.7 Å². The van der Waals surface area contributed by atoms with Crippen LogP contribution >= 0.6 is 11.3 Å². The normalized spacial score (nSPS) is 14.6. The molecule has 0 unspecified atom stereocenters. The van der Waals surface area contributed by atoms with E-state index >= 15 is 0 Å². The van der Waals surface area contributed by atoms with Gasteiger partial charge in [0.1, 0.15) is 0 Å². The minimum Gasteiger partial charge on any atom is -0.320 e. The summed E-state index contributed by atoms with van der Waals surface area (Å²) in [5.74, 6) is 0.677. The smallest absolute Gasteiger partial charge is 0.268 e. The van der Waals surface area contributed by atoms with Crippen LogP contribution in [-0.4, -0.2) is 42.0 Å². The maximum atomic E-state index is 13.0. The molecule has 1 saturated carbocycles. The zero-order valence-corrected chi connectivity index (χ0v) is 19.6. The number of aromatic nitrogens is 2. The molecule has 170 valence electrons. The molecule has 0 spiro atoms. The van der Waals surface area contributed by atoms with Gasteiger partial charge < -0.3 is 14.8 Å². The van der Waals surface area contributed by atoms with Crippen molar-refractivity contribution in [2.24, 2.45) is 5.92 Å². The van der Waals surface area contributed by atoms with E-state index in [1.807, 2.05) is 48.3 Å². The Morgan fingerprint density at radius 2 is 2.03 bits per heavy atom. The number of fused-ring (bicyclic) bond motifs is 1.